The van der Waals surface area contributed by atoms with Gasteiger partial charge in [-0.25, -0.2) is 0 Å². The van der Waals surface area contributed by atoms with Crippen LogP contribution in [0.1, 0.15) is 60.5 Å². The van der Waals surface area contributed by atoms with Crippen LogP contribution in [0, 0.1) is 16.7 Å². The zero-order chi connectivity index (χ0) is 14.3. The van der Waals surface area contributed by atoms with Gasteiger partial charge in [0.2, 0.25) is 0 Å². The van der Waals surface area contributed by atoms with Crippen molar-refractivity contribution in [3.63, 3.8) is 0 Å². The second kappa shape index (κ2) is 2.18. The molecule has 4 saturated carbocycles. The topological polar surface area (TPSA) is 0 Å². The predicted molar refractivity (Wildman–Crippen MR) is 59.1 cm³/mol. The summed E-state index contributed by atoms with van der Waals surface area (Å²) in [5.41, 5.74) is -1.57. The van der Waals surface area contributed by atoms with Gasteiger partial charge in [-0.2, -0.15) is 0 Å². The molecule has 0 aromatic carbocycles. The molecule has 4 aliphatic carbocycles. The van der Waals surface area contributed by atoms with Gasteiger partial charge in [-0.1, -0.05) is 29.6 Å². The number of hydrogen-bond acceptors (Lipinski definition) is 0. The Morgan fingerprint density at radius 2 is 1.69 bits per heavy atom. The zero-order valence-corrected chi connectivity index (χ0v) is 9.28. The maximum Gasteiger partial charge on any atom is 0.0271 e. The summed E-state index contributed by atoms with van der Waals surface area (Å²) in [6, 6.07) is 0. The lowest BCUT2D eigenvalue weighted by molar-refractivity contribution is -0.0755. The summed E-state index contributed by atoms with van der Waals surface area (Å²) in [5, 5.41) is 0. The molecule has 0 N–H and O–H groups in total. The molecular weight excluding hydrogens is 224 g/mol. The van der Waals surface area contributed by atoms with Crippen LogP contribution in [0.2, 0.25) is 0 Å². The van der Waals surface area contributed by atoms with Gasteiger partial charge in [0.25, 0.3) is 0 Å². The van der Waals surface area contributed by atoms with Gasteiger partial charge >= 0.3 is 0 Å². The van der Waals surface area contributed by atoms with Gasteiger partial charge in [0.1, 0.15) is 0 Å². The summed E-state index contributed by atoms with van der Waals surface area (Å²) >= 11 is 3.71. The Morgan fingerprint density at radius 1 is 1.08 bits per heavy atom. The number of alkyl halides is 1. The number of hydrogen-bond donors (Lipinski definition) is 0. The summed E-state index contributed by atoms with van der Waals surface area (Å²) in [7, 11) is 0. The third-order valence-corrected chi connectivity index (χ3v) is 4.88. The van der Waals surface area contributed by atoms with E-state index < -0.39 is 24.5 Å². The summed E-state index contributed by atoms with van der Waals surface area (Å²) in [5.74, 6) is 0.247. The van der Waals surface area contributed by atoms with Gasteiger partial charge in [0.05, 0.1) is 0 Å². The minimum Gasteiger partial charge on any atom is -0.0853 e. The molecule has 4 fully saturated rings. The van der Waals surface area contributed by atoms with E-state index in [0.717, 1.165) is 6.42 Å². The lowest BCUT2D eigenvalue weighted by Crippen LogP contribution is -2.55. The molecule has 2 unspecified atom stereocenters. The molecule has 4 aliphatic rings. The molecule has 4 rings (SSSR count). The van der Waals surface area contributed by atoms with E-state index in [4.69, 9.17) is 8.22 Å². The van der Waals surface area contributed by atoms with Crippen LogP contribution < -0.4 is 0 Å². The molecule has 0 radical (unpaired) electrons. The average molecular weight is 249 g/mol. The highest BCUT2D eigenvalue weighted by molar-refractivity contribution is 9.10. The molecule has 0 heterocycles. The van der Waals surface area contributed by atoms with Crippen LogP contribution >= 0.6 is 15.9 Å². The SMILES string of the molecule is [2H]C([2H])([2H])[C@@]12CC3CC(Br)(C1)C[C@](C([2H])([2H])[2H])(C3)C2. The van der Waals surface area contributed by atoms with Gasteiger partial charge in [-0.3, -0.25) is 0 Å². The summed E-state index contributed by atoms with van der Waals surface area (Å²) in [6.45, 7) is -4.11. The van der Waals surface area contributed by atoms with Crippen molar-refractivity contribution < 1.29 is 8.22 Å². The molecule has 4 bridgehead atoms. The van der Waals surface area contributed by atoms with E-state index >= 15 is 0 Å². The van der Waals surface area contributed by atoms with Crippen LogP contribution in [0.5, 0.6) is 0 Å². The Bertz CT molecular complexity index is 381. The third kappa shape index (κ3) is 1.22. The largest absolute Gasteiger partial charge is 0.0853 e. The zero-order valence-electron chi connectivity index (χ0n) is 13.7. The molecule has 13 heavy (non-hydrogen) atoms. The second-order valence-electron chi connectivity index (χ2n) is 5.72. The van der Waals surface area contributed by atoms with Crippen LogP contribution in [-0.2, 0) is 0 Å². The highest BCUT2D eigenvalue weighted by atomic mass is 79.9. The van der Waals surface area contributed by atoms with Crippen LogP contribution in [-0.4, -0.2) is 4.32 Å². The van der Waals surface area contributed by atoms with Crippen LogP contribution in [0.25, 0.3) is 0 Å². The Hall–Kier alpha value is 0.480. The first-order valence-corrected chi connectivity index (χ1v) is 5.89. The van der Waals surface area contributed by atoms with Crippen molar-refractivity contribution in [1.82, 2.24) is 0 Å². The lowest BCUT2D eigenvalue weighted by atomic mass is 9.45. The Balaban J connectivity index is 2.09. The van der Waals surface area contributed by atoms with Crippen molar-refractivity contribution in [3.8, 4) is 0 Å². The number of halogens is 1. The minimum atomic E-state index is -2.05. The molecule has 0 spiro atoms. The van der Waals surface area contributed by atoms with Crippen molar-refractivity contribution >= 4 is 15.9 Å². The monoisotopic (exact) mass is 248 g/mol. The van der Waals surface area contributed by atoms with Crippen molar-refractivity contribution in [2.75, 3.05) is 0 Å². The average Bonchev–Trinajstić information content (AvgIpc) is 2.09. The maximum absolute atomic E-state index is 7.92. The van der Waals surface area contributed by atoms with Gasteiger partial charge in [-0.15, -0.1) is 0 Å². The lowest BCUT2D eigenvalue weighted by Gasteiger charge is -2.63. The van der Waals surface area contributed by atoms with E-state index in [-0.39, 0.29) is 10.2 Å². The first-order valence-electron chi connectivity index (χ1n) is 8.10. The van der Waals surface area contributed by atoms with E-state index in [0.29, 0.717) is 32.1 Å². The summed E-state index contributed by atoms with van der Waals surface area (Å²) in [4.78, 5) is 0. The van der Waals surface area contributed by atoms with Gasteiger partial charge in [0, 0.05) is 12.5 Å². The van der Waals surface area contributed by atoms with Crippen molar-refractivity contribution in [3.05, 3.63) is 0 Å². The minimum absolute atomic E-state index is 0.247. The quantitative estimate of drug-likeness (QED) is 0.566. The maximum atomic E-state index is 7.92. The van der Waals surface area contributed by atoms with E-state index in [1.807, 2.05) is 0 Å². The molecule has 0 amide bonds. The van der Waals surface area contributed by atoms with Crippen molar-refractivity contribution in [2.45, 2.75) is 56.6 Å². The molecule has 0 saturated heterocycles. The molecule has 4 atom stereocenters. The molecule has 0 nitrogen and oxygen atoms in total. The normalized spacial score (nSPS) is 73.2. The summed E-state index contributed by atoms with van der Waals surface area (Å²) < 4.78 is 47.2. The third-order valence-electron chi connectivity index (χ3n) is 4.00. The van der Waals surface area contributed by atoms with E-state index in [9.17, 15) is 0 Å². The van der Waals surface area contributed by atoms with Crippen molar-refractivity contribution in [2.24, 2.45) is 16.7 Å². The van der Waals surface area contributed by atoms with E-state index in [1.54, 1.807) is 0 Å². The van der Waals surface area contributed by atoms with Gasteiger partial charge < -0.3 is 0 Å². The summed E-state index contributed by atoms with van der Waals surface area (Å²) in [6.07, 6.45) is 3.83. The smallest absolute Gasteiger partial charge is 0.0271 e. The number of rotatable bonds is 0. The highest BCUT2D eigenvalue weighted by Gasteiger charge is 2.59. The van der Waals surface area contributed by atoms with Gasteiger partial charge in [0.15, 0.2) is 0 Å². The highest BCUT2D eigenvalue weighted by Crippen LogP contribution is 2.68. The first-order chi connectivity index (χ1) is 8.41. The standard InChI is InChI=1S/C12H19Br/c1-10-3-9-4-11(2,6-10)8-12(13,5-9)7-10/h9H,3-8H2,1-2H3/t9?,10-,11+,12?/i1D3,2D3. The fraction of sp³-hybridized carbons (Fsp3) is 1.00. The molecular formula is C12H19Br. The Kier molecular flexibility index (Phi) is 0.762. The van der Waals surface area contributed by atoms with Crippen LogP contribution in [0.3, 0.4) is 0 Å². The van der Waals surface area contributed by atoms with Crippen molar-refractivity contribution in [1.29, 1.82) is 0 Å². The van der Waals surface area contributed by atoms with E-state index in [1.165, 1.54) is 0 Å². The molecule has 0 aromatic rings. The van der Waals surface area contributed by atoms with Gasteiger partial charge in [-0.05, 0) is 55.3 Å². The molecule has 1 heteroatoms. The van der Waals surface area contributed by atoms with Crippen LogP contribution in [0.15, 0.2) is 0 Å². The molecule has 0 aliphatic heterocycles. The molecule has 0 aromatic heterocycles. The Morgan fingerprint density at radius 3 is 2.15 bits per heavy atom. The van der Waals surface area contributed by atoms with E-state index in [2.05, 4.69) is 15.9 Å². The second-order valence-corrected chi connectivity index (χ2v) is 7.40. The first kappa shape index (κ1) is 4.55. The van der Waals surface area contributed by atoms with Crippen LogP contribution in [0.4, 0.5) is 0 Å². The Labute approximate surface area is 98.0 Å². The fourth-order valence-electron chi connectivity index (χ4n) is 4.32. The predicted octanol–water partition coefficient (Wildman–Crippen LogP) is 4.13. The fourth-order valence-corrected chi connectivity index (χ4v) is 5.85. The molecule has 74 valence electrons.